The summed E-state index contributed by atoms with van der Waals surface area (Å²) in [7, 11) is 0. The number of rotatable bonds is 6. The van der Waals surface area contributed by atoms with Crippen molar-refractivity contribution in [3.8, 4) is 0 Å². The van der Waals surface area contributed by atoms with Crippen LogP contribution in [0.2, 0.25) is 0 Å². The summed E-state index contributed by atoms with van der Waals surface area (Å²) in [6.45, 7) is 1.83. The average Bonchev–Trinajstić information content (AvgIpc) is 2.90. The molecule has 4 heteroatoms. The summed E-state index contributed by atoms with van der Waals surface area (Å²) < 4.78 is 0. The monoisotopic (exact) mass is 260 g/mol. The van der Waals surface area contributed by atoms with Crippen LogP contribution in [0.15, 0.2) is 0 Å². The van der Waals surface area contributed by atoms with Crippen LogP contribution >= 0.6 is 12.4 Å². The van der Waals surface area contributed by atoms with E-state index in [2.05, 4.69) is 4.90 Å². The van der Waals surface area contributed by atoms with Crippen LogP contribution < -0.4 is 5.73 Å². The van der Waals surface area contributed by atoms with Crippen molar-refractivity contribution >= 4 is 18.3 Å². The zero-order valence-electron chi connectivity index (χ0n) is 10.6. The molecule has 3 nitrogen and oxygen atoms in total. The molecule has 0 spiro atoms. The molecule has 0 aromatic rings. The number of nitrogens with zero attached hydrogens (tertiary/aromatic N) is 1. The van der Waals surface area contributed by atoms with Gasteiger partial charge in [0.25, 0.3) is 0 Å². The lowest BCUT2D eigenvalue weighted by atomic mass is 10.1. The molecule has 0 aromatic carbocycles. The van der Waals surface area contributed by atoms with Crippen molar-refractivity contribution in [1.29, 1.82) is 0 Å². The van der Waals surface area contributed by atoms with Crippen LogP contribution in [-0.2, 0) is 4.79 Å². The number of piperidine rings is 1. The van der Waals surface area contributed by atoms with Gasteiger partial charge in [0.05, 0.1) is 0 Å². The second kappa shape index (κ2) is 7.22. The summed E-state index contributed by atoms with van der Waals surface area (Å²) in [5.41, 5.74) is 5.44. The van der Waals surface area contributed by atoms with Gasteiger partial charge in [0.15, 0.2) is 0 Å². The van der Waals surface area contributed by atoms with E-state index in [-0.39, 0.29) is 12.4 Å². The van der Waals surface area contributed by atoms with Gasteiger partial charge in [0.1, 0.15) is 0 Å². The highest BCUT2D eigenvalue weighted by Crippen LogP contribution is 2.37. The number of unbranched alkanes of at least 4 members (excludes halogenated alkanes) is 3. The van der Waals surface area contributed by atoms with Crippen LogP contribution in [0, 0.1) is 5.92 Å². The topological polar surface area (TPSA) is 46.3 Å². The summed E-state index contributed by atoms with van der Waals surface area (Å²) in [6.07, 6.45) is 9.12. The van der Waals surface area contributed by atoms with E-state index in [1.165, 1.54) is 25.7 Å². The van der Waals surface area contributed by atoms with Crippen molar-refractivity contribution in [2.45, 2.75) is 57.4 Å². The van der Waals surface area contributed by atoms with Gasteiger partial charge in [0.2, 0.25) is 5.91 Å². The van der Waals surface area contributed by atoms with Gasteiger partial charge in [-0.25, -0.2) is 0 Å². The maximum atomic E-state index is 12.0. The van der Waals surface area contributed by atoms with E-state index in [0.29, 0.717) is 11.9 Å². The third-order valence-corrected chi connectivity index (χ3v) is 4.07. The van der Waals surface area contributed by atoms with Crippen LogP contribution in [0.1, 0.15) is 51.4 Å². The molecule has 2 N–H and O–H groups in total. The number of carbonyl (C=O) groups is 1. The largest absolute Gasteiger partial charge is 0.339 e. The van der Waals surface area contributed by atoms with Gasteiger partial charge < -0.3 is 10.6 Å². The second-order valence-corrected chi connectivity index (χ2v) is 5.33. The smallest absolute Gasteiger partial charge is 0.222 e. The minimum absolute atomic E-state index is 0. The molecule has 1 aliphatic heterocycles. The van der Waals surface area contributed by atoms with Crippen molar-refractivity contribution < 1.29 is 4.79 Å². The number of hydrogen-bond donors (Lipinski definition) is 1. The first kappa shape index (κ1) is 14.8. The van der Waals surface area contributed by atoms with E-state index in [1.807, 2.05) is 0 Å². The van der Waals surface area contributed by atoms with Crippen LogP contribution in [0.25, 0.3) is 0 Å². The van der Waals surface area contributed by atoms with Gasteiger partial charge in [-0.15, -0.1) is 12.4 Å². The molecule has 2 unspecified atom stereocenters. The summed E-state index contributed by atoms with van der Waals surface area (Å²) in [5, 5.41) is 0. The van der Waals surface area contributed by atoms with Crippen molar-refractivity contribution in [1.82, 2.24) is 4.90 Å². The normalized spacial score (nSPS) is 26.1. The standard InChI is InChI=1S/C13H24N2O.ClH/c14-8-4-2-1-3-5-13(16)15-10-11-6-7-12(15)9-11;/h11-12H,1-10,14H2;1H. The minimum Gasteiger partial charge on any atom is -0.339 e. The Hall–Kier alpha value is -0.280. The first-order valence-electron chi connectivity index (χ1n) is 6.81. The molecule has 2 atom stereocenters. The van der Waals surface area contributed by atoms with E-state index in [1.54, 1.807) is 0 Å². The predicted molar refractivity (Wildman–Crippen MR) is 72.2 cm³/mol. The highest BCUT2D eigenvalue weighted by atomic mass is 35.5. The molecule has 100 valence electrons. The van der Waals surface area contributed by atoms with Crippen molar-refractivity contribution in [3.63, 3.8) is 0 Å². The van der Waals surface area contributed by atoms with Gasteiger partial charge in [-0.3, -0.25) is 4.79 Å². The Morgan fingerprint density at radius 2 is 1.94 bits per heavy atom. The first-order chi connectivity index (χ1) is 7.81. The molecule has 1 saturated carbocycles. The molecular weight excluding hydrogens is 236 g/mol. The first-order valence-corrected chi connectivity index (χ1v) is 6.81. The molecule has 17 heavy (non-hydrogen) atoms. The Morgan fingerprint density at radius 3 is 2.53 bits per heavy atom. The molecule has 2 fully saturated rings. The molecule has 1 amide bonds. The second-order valence-electron chi connectivity index (χ2n) is 5.33. The molecule has 1 heterocycles. The van der Waals surface area contributed by atoms with E-state index in [9.17, 15) is 4.79 Å². The molecule has 2 aliphatic rings. The molecule has 1 saturated heterocycles. The van der Waals surface area contributed by atoms with Crippen molar-refractivity contribution in [2.75, 3.05) is 13.1 Å². The average molecular weight is 261 g/mol. The van der Waals surface area contributed by atoms with Gasteiger partial charge >= 0.3 is 0 Å². The van der Waals surface area contributed by atoms with E-state index >= 15 is 0 Å². The quantitative estimate of drug-likeness (QED) is 0.745. The lowest BCUT2D eigenvalue weighted by molar-refractivity contribution is -0.132. The molecular formula is C13H25ClN2O. The Kier molecular flexibility index (Phi) is 6.28. The fourth-order valence-corrected chi connectivity index (χ4v) is 3.15. The molecule has 0 radical (unpaired) electrons. The Balaban J connectivity index is 0.00000144. The number of carbonyl (C=O) groups excluding carboxylic acids is 1. The fourth-order valence-electron chi connectivity index (χ4n) is 3.15. The minimum atomic E-state index is 0. The lowest BCUT2D eigenvalue weighted by Gasteiger charge is -2.27. The highest BCUT2D eigenvalue weighted by Gasteiger charge is 2.39. The summed E-state index contributed by atoms with van der Waals surface area (Å²) in [5.74, 6) is 1.23. The molecule has 2 bridgehead atoms. The number of amides is 1. The SMILES string of the molecule is Cl.NCCCCCCC(=O)N1CC2CCC1C2. The van der Waals surface area contributed by atoms with E-state index in [0.717, 1.165) is 44.7 Å². The molecule has 2 rings (SSSR count). The molecule has 0 aromatic heterocycles. The van der Waals surface area contributed by atoms with Gasteiger partial charge in [-0.2, -0.15) is 0 Å². The van der Waals surface area contributed by atoms with Crippen molar-refractivity contribution in [3.05, 3.63) is 0 Å². The van der Waals surface area contributed by atoms with Crippen LogP contribution in [0.4, 0.5) is 0 Å². The third-order valence-electron chi connectivity index (χ3n) is 4.07. The number of halogens is 1. The van der Waals surface area contributed by atoms with Gasteiger partial charge in [-0.1, -0.05) is 12.8 Å². The highest BCUT2D eigenvalue weighted by molar-refractivity contribution is 5.85. The fraction of sp³-hybridized carbons (Fsp3) is 0.923. The Bertz CT molecular complexity index is 248. The molecule has 1 aliphatic carbocycles. The number of nitrogens with two attached hydrogens (primary N) is 1. The van der Waals surface area contributed by atoms with Crippen LogP contribution in [0.5, 0.6) is 0 Å². The van der Waals surface area contributed by atoms with Crippen molar-refractivity contribution in [2.24, 2.45) is 11.7 Å². The van der Waals surface area contributed by atoms with Crippen LogP contribution in [-0.4, -0.2) is 29.9 Å². The maximum Gasteiger partial charge on any atom is 0.222 e. The van der Waals surface area contributed by atoms with Crippen LogP contribution in [0.3, 0.4) is 0 Å². The number of likely N-dealkylation sites (tertiary alicyclic amines) is 1. The maximum absolute atomic E-state index is 12.0. The van der Waals surface area contributed by atoms with E-state index in [4.69, 9.17) is 5.73 Å². The Labute approximate surface area is 111 Å². The third kappa shape index (κ3) is 3.85. The van der Waals surface area contributed by atoms with Gasteiger partial charge in [-0.05, 0) is 44.6 Å². The predicted octanol–water partition coefficient (Wildman–Crippen LogP) is 2.33. The number of fused-ring (bicyclic) bond motifs is 2. The number of hydrogen-bond acceptors (Lipinski definition) is 2. The summed E-state index contributed by atoms with van der Waals surface area (Å²) in [6, 6.07) is 0.599. The summed E-state index contributed by atoms with van der Waals surface area (Å²) in [4.78, 5) is 14.1. The summed E-state index contributed by atoms with van der Waals surface area (Å²) >= 11 is 0. The van der Waals surface area contributed by atoms with E-state index < -0.39 is 0 Å². The zero-order valence-corrected chi connectivity index (χ0v) is 11.4. The Morgan fingerprint density at radius 1 is 1.18 bits per heavy atom. The zero-order chi connectivity index (χ0) is 11.4. The van der Waals surface area contributed by atoms with Gasteiger partial charge in [0, 0.05) is 19.0 Å². The lowest BCUT2D eigenvalue weighted by Crippen LogP contribution is -2.37.